The second kappa shape index (κ2) is 10.9. The molecule has 0 aliphatic heterocycles. The van der Waals surface area contributed by atoms with Crippen LogP contribution in [0.15, 0.2) is 54.6 Å². The highest BCUT2D eigenvalue weighted by Gasteiger charge is 2.21. The summed E-state index contributed by atoms with van der Waals surface area (Å²) in [6.45, 7) is 1.91. The van der Waals surface area contributed by atoms with Crippen LogP contribution >= 0.6 is 11.3 Å². The largest absolute Gasteiger partial charge is 0.484 e. The number of hydrogen-bond acceptors (Lipinski definition) is 8. The molecular weight excluding hydrogens is 468 g/mol. The van der Waals surface area contributed by atoms with Gasteiger partial charge in [-0.2, -0.15) is 4.98 Å². The van der Waals surface area contributed by atoms with Crippen LogP contribution in [0, 0.1) is 6.92 Å². The van der Waals surface area contributed by atoms with Crippen molar-refractivity contribution in [2.24, 2.45) is 0 Å². The van der Waals surface area contributed by atoms with Crippen LogP contribution < -0.4 is 20.1 Å². The molecule has 0 spiro atoms. The summed E-state index contributed by atoms with van der Waals surface area (Å²) >= 11 is 1.26. The molecule has 0 saturated carbocycles. The van der Waals surface area contributed by atoms with Crippen molar-refractivity contribution in [3.63, 3.8) is 0 Å². The molecule has 10 heteroatoms. The minimum Gasteiger partial charge on any atom is -0.484 e. The van der Waals surface area contributed by atoms with Crippen molar-refractivity contribution >= 4 is 44.7 Å². The number of hydrogen-bond donors (Lipinski definition) is 2. The van der Waals surface area contributed by atoms with E-state index in [1.807, 2.05) is 25.1 Å². The summed E-state index contributed by atoms with van der Waals surface area (Å²) in [6.07, 6.45) is 0. The molecular formula is C25H24N4O5S. The first-order chi connectivity index (χ1) is 17.0. The summed E-state index contributed by atoms with van der Waals surface area (Å²) in [5.74, 6) is 0.760. The van der Waals surface area contributed by atoms with E-state index in [2.05, 4.69) is 20.6 Å². The standard InChI is InChI=1S/C25H24N4O5S/c1-15-21-24(33-3)28-19(13-32-2)29-25(21)35-22(15)23(31)27-17-10-7-11-18(12-17)34-14-20(30)26-16-8-5-4-6-9-16/h4-12H,13-14H2,1-3H3,(H,26,30)(H,27,31). The van der Waals surface area contributed by atoms with Crippen molar-refractivity contribution in [2.45, 2.75) is 13.5 Å². The second-order valence-electron chi connectivity index (χ2n) is 7.50. The van der Waals surface area contributed by atoms with Crippen molar-refractivity contribution in [1.82, 2.24) is 9.97 Å². The number of thiophene rings is 1. The zero-order valence-corrected chi connectivity index (χ0v) is 20.3. The number of carbonyl (C=O) groups excluding carboxylic acids is 2. The fourth-order valence-corrected chi connectivity index (χ4v) is 4.51. The normalized spacial score (nSPS) is 10.7. The lowest BCUT2D eigenvalue weighted by Gasteiger charge is -2.10. The molecule has 180 valence electrons. The van der Waals surface area contributed by atoms with Gasteiger partial charge in [-0.1, -0.05) is 24.3 Å². The molecule has 35 heavy (non-hydrogen) atoms. The van der Waals surface area contributed by atoms with Gasteiger partial charge < -0.3 is 24.8 Å². The summed E-state index contributed by atoms with van der Waals surface area (Å²) in [4.78, 5) is 35.2. The van der Waals surface area contributed by atoms with Gasteiger partial charge in [0.05, 0.1) is 17.4 Å². The second-order valence-corrected chi connectivity index (χ2v) is 8.50. The minimum absolute atomic E-state index is 0.163. The molecule has 2 aromatic carbocycles. The van der Waals surface area contributed by atoms with Crippen molar-refractivity contribution in [3.8, 4) is 11.6 Å². The molecule has 0 aliphatic rings. The lowest BCUT2D eigenvalue weighted by molar-refractivity contribution is -0.118. The van der Waals surface area contributed by atoms with E-state index in [9.17, 15) is 9.59 Å². The molecule has 4 aromatic rings. The number of benzene rings is 2. The average Bonchev–Trinajstić information content (AvgIpc) is 3.20. The molecule has 0 aliphatic carbocycles. The highest BCUT2D eigenvalue weighted by atomic mass is 32.1. The van der Waals surface area contributed by atoms with Gasteiger partial charge in [-0.05, 0) is 36.8 Å². The van der Waals surface area contributed by atoms with Gasteiger partial charge in [0.2, 0.25) is 5.88 Å². The molecule has 0 atom stereocenters. The number of rotatable bonds is 9. The van der Waals surface area contributed by atoms with Gasteiger partial charge in [0.15, 0.2) is 12.4 Å². The number of nitrogens with one attached hydrogen (secondary N) is 2. The topological polar surface area (TPSA) is 112 Å². The number of aromatic nitrogens is 2. The SMILES string of the molecule is COCc1nc(OC)c2c(C)c(C(=O)Nc3cccc(OCC(=O)Nc4ccccc4)c3)sc2n1. The van der Waals surface area contributed by atoms with Crippen LogP contribution in [0.25, 0.3) is 10.2 Å². The molecule has 2 heterocycles. The van der Waals surface area contributed by atoms with Crippen LogP contribution in [0.3, 0.4) is 0 Å². The predicted molar refractivity (Wildman–Crippen MR) is 134 cm³/mol. The summed E-state index contributed by atoms with van der Waals surface area (Å²) in [6, 6.07) is 16.0. The van der Waals surface area contributed by atoms with Gasteiger partial charge in [-0.25, -0.2) is 4.98 Å². The van der Waals surface area contributed by atoms with E-state index >= 15 is 0 Å². The van der Waals surface area contributed by atoms with Crippen molar-refractivity contribution < 1.29 is 23.8 Å². The molecule has 0 unspecified atom stereocenters. The van der Waals surface area contributed by atoms with Crippen LogP contribution in [-0.4, -0.2) is 42.6 Å². The molecule has 2 N–H and O–H groups in total. The maximum atomic E-state index is 13.1. The first-order valence-electron chi connectivity index (χ1n) is 10.7. The monoisotopic (exact) mass is 492 g/mol. The van der Waals surface area contributed by atoms with Crippen LogP contribution in [0.4, 0.5) is 11.4 Å². The van der Waals surface area contributed by atoms with Crippen molar-refractivity contribution in [3.05, 3.63) is 70.9 Å². The number of amides is 2. The number of anilines is 2. The van der Waals surface area contributed by atoms with E-state index in [-0.39, 0.29) is 25.0 Å². The third-order valence-corrected chi connectivity index (χ3v) is 6.18. The van der Waals surface area contributed by atoms with Gasteiger partial charge >= 0.3 is 0 Å². The van der Waals surface area contributed by atoms with Gasteiger partial charge in [0, 0.05) is 24.6 Å². The van der Waals surface area contributed by atoms with Gasteiger partial charge in [-0.15, -0.1) is 11.3 Å². The average molecular weight is 493 g/mol. The van der Waals surface area contributed by atoms with Crippen molar-refractivity contribution in [2.75, 3.05) is 31.5 Å². The van der Waals surface area contributed by atoms with Crippen molar-refractivity contribution in [1.29, 1.82) is 0 Å². The Bertz CT molecular complexity index is 1360. The molecule has 2 amide bonds. The zero-order chi connectivity index (χ0) is 24.8. The lowest BCUT2D eigenvalue weighted by Crippen LogP contribution is -2.20. The van der Waals surface area contributed by atoms with Gasteiger partial charge in [-0.3, -0.25) is 9.59 Å². The summed E-state index contributed by atoms with van der Waals surface area (Å²) in [5, 5.41) is 6.34. The van der Waals surface area contributed by atoms with E-state index in [1.165, 1.54) is 18.4 Å². The Morgan fingerprint density at radius 3 is 2.49 bits per heavy atom. The fourth-order valence-electron chi connectivity index (χ4n) is 3.42. The molecule has 0 saturated heterocycles. The maximum Gasteiger partial charge on any atom is 0.266 e. The Balaban J connectivity index is 1.46. The van der Waals surface area contributed by atoms with E-state index in [4.69, 9.17) is 14.2 Å². The van der Waals surface area contributed by atoms with E-state index in [0.29, 0.717) is 43.9 Å². The Morgan fingerprint density at radius 2 is 1.74 bits per heavy atom. The third kappa shape index (κ3) is 5.73. The Morgan fingerprint density at radius 1 is 0.971 bits per heavy atom. The first-order valence-corrected chi connectivity index (χ1v) is 11.5. The van der Waals surface area contributed by atoms with Crippen LogP contribution in [0.2, 0.25) is 0 Å². The van der Waals surface area contributed by atoms with Crippen LogP contribution in [-0.2, 0) is 16.1 Å². The van der Waals surface area contributed by atoms with E-state index in [0.717, 1.165) is 5.56 Å². The minimum atomic E-state index is -0.292. The van der Waals surface area contributed by atoms with E-state index in [1.54, 1.807) is 43.5 Å². The predicted octanol–water partition coefficient (Wildman–Crippen LogP) is 4.42. The summed E-state index contributed by atoms with van der Waals surface area (Å²) < 4.78 is 16.1. The first kappa shape index (κ1) is 24.1. The number of carbonyl (C=O) groups is 2. The molecule has 0 bridgehead atoms. The molecule has 0 fully saturated rings. The van der Waals surface area contributed by atoms with Crippen LogP contribution in [0.1, 0.15) is 21.1 Å². The quantitative estimate of drug-likeness (QED) is 0.356. The smallest absolute Gasteiger partial charge is 0.266 e. The third-order valence-electron chi connectivity index (χ3n) is 5.00. The maximum absolute atomic E-state index is 13.1. The highest BCUT2D eigenvalue weighted by Crippen LogP contribution is 2.35. The molecule has 0 radical (unpaired) electrons. The molecule has 4 rings (SSSR count). The van der Waals surface area contributed by atoms with Gasteiger partial charge in [0.25, 0.3) is 11.8 Å². The summed E-state index contributed by atoms with van der Waals surface area (Å²) in [7, 11) is 3.09. The fraction of sp³-hybridized carbons (Fsp3) is 0.200. The van der Waals surface area contributed by atoms with E-state index < -0.39 is 0 Å². The van der Waals surface area contributed by atoms with Crippen LogP contribution in [0.5, 0.6) is 11.6 Å². The van der Waals surface area contributed by atoms with Gasteiger partial charge in [0.1, 0.15) is 17.2 Å². The number of nitrogens with zero attached hydrogens (tertiary/aromatic N) is 2. The highest BCUT2D eigenvalue weighted by molar-refractivity contribution is 7.20. The Hall–Kier alpha value is -4.02. The number of fused-ring (bicyclic) bond motifs is 1. The summed E-state index contributed by atoms with van der Waals surface area (Å²) in [5.41, 5.74) is 1.95. The Labute approximate surface area is 206 Å². The molecule has 2 aromatic heterocycles. The molecule has 9 nitrogen and oxygen atoms in total. The lowest BCUT2D eigenvalue weighted by atomic mass is 10.2. The number of ether oxygens (including phenoxy) is 3. The number of para-hydroxylation sites is 1. The number of aryl methyl sites for hydroxylation is 1. The Kier molecular flexibility index (Phi) is 7.54. The number of methoxy groups -OCH3 is 2. The zero-order valence-electron chi connectivity index (χ0n) is 19.5.